The van der Waals surface area contributed by atoms with E-state index in [1.807, 2.05) is 12.1 Å². The first kappa shape index (κ1) is 20.6. The van der Waals surface area contributed by atoms with Gasteiger partial charge in [-0.1, -0.05) is 43.4 Å². The van der Waals surface area contributed by atoms with Crippen LogP contribution in [0.4, 0.5) is 0 Å². The molecule has 0 aromatic carbocycles. The molecule has 0 bridgehead atoms. The number of pyridine rings is 1. The van der Waals surface area contributed by atoms with Crippen LogP contribution in [-0.2, 0) is 11.2 Å². The van der Waals surface area contributed by atoms with Gasteiger partial charge in [0.25, 0.3) is 0 Å². The van der Waals surface area contributed by atoms with Crippen molar-refractivity contribution in [3.05, 3.63) is 46.3 Å². The maximum absolute atomic E-state index is 10.9. The largest absolute Gasteiger partial charge is 0.506 e. The Kier molecular flexibility index (Phi) is 6.58. The number of aromatic nitrogens is 1. The van der Waals surface area contributed by atoms with Crippen LogP contribution in [0.5, 0.6) is 5.75 Å². The lowest BCUT2D eigenvalue weighted by Crippen LogP contribution is -2.22. The van der Waals surface area contributed by atoms with Crippen LogP contribution in [0.25, 0.3) is 0 Å². The minimum atomic E-state index is -0.746. The summed E-state index contributed by atoms with van der Waals surface area (Å²) in [7, 11) is 0. The van der Waals surface area contributed by atoms with E-state index in [0.29, 0.717) is 29.9 Å². The van der Waals surface area contributed by atoms with Gasteiger partial charge in [-0.2, -0.15) is 0 Å². The van der Waals surface area contributed by atoms with E-state index in [4.69, 9.17) is 10.1 Å². The molecule has 1 heterocycles. The number of aromatic hydroxyl groups is 1. The minimum absolute atomic E-state index is 0.179. The smallest absolute Gasteiger partial charge is 0.303 e. The fraction of sp³-hybridized carbons (Fsp3) is 0.583. The average molecular weight is 384 g/mol. The van der Waals surface area contributed by atoms with Crippen LogP contribution < -0.4 is 0 Å². The van der Waals surface area contributed by atoms with E-state index in [0.717, 1.165) is 30.7 Å². The van der Waals surface area contributed by atoms with E-state index in [-0.39, 0.29) is 6.42 Å². The quantitative estimate of drug-likeness (QED) is 0.654. The van der Waals surface area contributed by atoms with Gasteiger partial charge in [0.1, 0.15) is 5.75 Å². The lowest BCUT2D eigenvalue weighted by Gasteiger charge is -2.32. The normalized spacial score (nSPS) is 23.6. The van der Waals surface area contributed by atoms with E-state index in [1.54, 1.807) is 0 Å². The summed E-state index contributed by atoms with van der Waals surface area (Å²) >= 11 is 0. The molecule has 0 spiro atoms. The molecule has 0 aliphatic heterocycles. The molecule has 4 heteroatoms. The van der Waals surface area contributed by atoms with Crippen LogP contribution in [0.2, 0.25) is 0 Å². The summed E-state index contributed by atoms with van der Waals surface area (Å²) in [6, 6.07) is 3.78. The van der Waals surface area contributed by atoms with Gasteiger partial charge in [-0.25, -0.2) is 0 Å². The number of carboxylic acids is 1. The Bertz CT molecular complexity index is 787. The Morgan fingerprint density at radius 2 is 1.89 bits per heavy atom. The Labute approximate surface area is 168 Å². The Morgan fingerprint density at radius 3 is 2.57 bits per heavy atom. The molecule has 2 aliphatic rings. The summed E-state index contributed by atoms with van der Waals surface area (Å²) in [5.74, 6) is 0.710. The predicted octanol–water partition coefficient (Wildman–Crippen LogP) is 5.77. The van der Waals surface area contributed by atoms with Crippen molar-refractivity contribution >= 4 is 5.97 Å². The first-order valence-electron chi connectivity index (χ1n) is 10.6. The van der Waals surface area contributed by atoms with E-state index in [2.05, 4.69) is 26.8 Å². The van der Waals surface area contributed by atoms with Crippen molar-refractivity contribution in [3.63, 3.8) is 0 Å². The highest BCUT2D eigenvalue weighted by Crippen LogP contribution is 2.39. The van der Waals surface area contributed by atoms with Crippen molar-refractivity contribution in [1.29, 1.82) is 0 Å². The zero-order chi connectivity index (χ0) is 20.3. The molecule has 1 saturated carbocycles. The number of carbonyl (C=O) groups is 1. The van der Waals surface area contributed by atoms with Gasteiger partial charge in [-0.05, 0) is 69.1 Å². The predicted molar refractivity (Wildman–Crippen MR) is 111 cm³/mol. The summed E-state index contributed by atoms with van der Waals surface area (Å²) < 4.78 is 0. The third-order valence-electron chi connectivity index (χ3n) is 6.77. The van der Waals surface area contributed by atoms with Crippen molar-refractivity contribution in [3.8, 4) is 5.75 Å². The average Bonchev–Trinajstić information content (AvgIpc) is 2.68. The van der Waals surface area contributed by atoms with E-state index < -0.39 is 5.97 Å². The van der Waals surface area contributed by atoms with Gasteiger partial charge in [-0.3, -0.25) is 9.78 Å². The third-order valence-corrected chi connectivity index (χ3v) is 6.77. The maximum Gasteiger partial charge on any atom is 0.303 e. The Hall–Kier alpha value is -2.10. The first-order chi connectivity index (χ1) is 13.4. The SMILES string of the molecule is CC1=CC(CCC(=O)O)=C(C)C(C)C1Cc1ccc(O)c(C2CCCCC2)n1. The summed E-state index contributed by atoms with van der Waals surface area (Å²) in [4.78, 5) is 15.8. The minimum Gasteiger partial charge on any atom is -0.506 e. The molecule has 0 saturated heterocycles. The van der Waals surface area contributed by atoms with Crippen LogP contribution >= 0.6 is 0 Å². The maximum atomic E-state index is 10.9. The van der Waals surface area contributed by atoms with Gasteiger partial charge in [0.2, 0.25) is 0 Å². The number of hydrogen-bond donors (Lipinski definition) is 2. The second-order valence-electron chi connectivity index (χ2n) is 8.63. The zero-order valence-corrected chi connectivity index (χ0v) is 17.4. The highest BCUT2D eigenvalue weighted by molar-refractivity contribution is 5.67. The van der Waals surface area contributed by atoms with Crippen molar-refractivity contribution in [2.75, 3.05) is 0 Å². The van der Waals surface area contributed by atoms with Crippen LogP contribution in [-0.4, -0.2) is 21.2 Å². The molecule has 1 aromatic rings. The first-order valence-corrected chi connectivity index (χ1v) is 10.6. The topological polar surface area (TPSA) is 70.4 Å². The van der Waals surface area contributed by atoms with Gasteiger partial charge in [0.15, 0.2) is 0 Å². The van der Waals surface area contributed by atoms with Gasteiger partial charge in [0.05, 0.1) is 5.69 Å². The number of aliphatic carboxylic acids is 1. The number of rotatable bonds is 6. The van der Waals surface area contributed by atoms with Crippen molar-refractivity contribution in [2.45, 2.75) is 78.1 Å². The van der Waals surface area contributed by atoms with Crippen LogP contribution in [0, 0.1) is 11.8 Å². The summed E-state index contributed by atoms with van der Waals surface area (Å²) in [5.41, 5.74) is 5.70. The summed E-state index contributed by atoms with van der Waals surface area (Å²) in [6.07, 6.45) is 9.79. The molecule has 2 unspecified atom stereocenters. The fourth-order valence-electron chi connectivity index (χ4n) is 4.86. The van der Waals surface area contributed by atoms with E-state index >= 15 is 0 Å². The molecule has 2 aliphatic carbocycles. The molecule has 2 N–H and O–H groups in total. The van der Waals surface area contributed by atoms with E-state index in [1.165, 1.54) is 36.0 Å². The zero-order valence-electron chi connectivity index (χ0n) is 17.4. The van der Waals surface area contributed by atoms with Gasteiger partial charge in [0, 0.05) is 18.0 Å². The van der Waals surface area contributed by atoms with Crippen LogP contribution in [0.3, 0.4) is 0 Å². The van der Waals surface area contributed by atoms with Gasteiger partial charge in [-0.15, -0.1) is 0 Å². The molecule has 1 fully saturated rings. The van der Waals surface area contributed by atoms with Crippen LogP contribution in [0.15, 0.2) is 34.9 Å². The Balaban J connectivity index is 1.77. The molecular formula is C24H33NO3. The number of allylic oxidation sites excluding steroid dienone is 4. The lowest BCUT2D eigenvalue weighted by molar-refractivity contribution is -0.136. The monoisotopic (exact) mass is 383 g/mol. The summed E-state index contributed by atoms with van der Waals surface area (Å²) in [5, 5.41) is 19.3. The second-order valence-corrected chi connectivity index (χ2v) is 8.63. The lowest BCUT2D eigenvalue weighted by atomic mass is 9.74. The second kappa shape index (κ2) is 8.93. The molecule has 4 nitrogen and oxygen atoms in total. The molecule has 28 heavy (non-hydrogen) atoms. The summed E-state index contributed by atoms with van der Waals surface area (Å²) in [6.45, 7) is 6.52. The molecule has 0 radical (unpaired) electrons. The molecule has 2 atom stereocenters. The van der Waals surface area contributed by atoms with Crippen molar-refractivity contribution in [1.82, 2.24) is 4.98 Å². The van der Waals surface area contributed by atoms with Gasteiger partial charge < -0.3 is 10.2 Å². The number of hydrogen-bond acceptors (Lipinski definition) is 3. The van der Waals surface area contributed by atoms with Crippen molar-refractivity contribution < 1.29 is 15.0 Å². The van der Waals surface area contributed by atoms with Crippen molar-refractivity contribution in [2.24, 2.45) is 11.8 Å². The third kappa shape index (κ3) is 4.65. The van der Waals surface area contributed by atoms with E-state index in [9.17, 15) is 9.90 Å². The standard InChI is InChI=1S/C24H33NO3/c1-15-13-19(9-12-23(27)28)16(2)17(3)21(15)14-20-10-11-22(26)24(25-20)18-7-5-4-6-8-18/h10-11,13,17-18,21,26H,4-9,12,14H2,1-3H3,(H,27,28). The molecular weight excluding hydrogens is 350 g/mol. The number of nitrogens with zero attached hydrogens (tertiary/aromatic N) is 1. The molecule has 152 valence electrons. The number of carboxylic acid groups (broad SMARTS) is 1. The molecule has 1 aromatic heterocycles. The Morgan fingerprint density at radius 1 is 1.18 bits per heavy atom. The van der Waals surface area contributed by atoms with Crippen LogP contribution in [0.1, 0.15) is 83.0 Å². The highest BCUT2D eigenvalue weighted by Gasteiger charge is 2.28. The fourth-order valence-corrected chi connectivity index (χ4v) is 4.86. The van der Waals surface area contributed by atoms with Gasteiger partial charge >= 0.3 is 5.97 Å². The highest BCUT2D eigenvalue weighted by atomic mass is 16.4. The molecule has 0 amide bonds. The molecule has 3 rings (SSSR count).